The zero-order valence-corrected chi connectivity index (χ0v) is 17.1. The van der Waals surface area contributed by atoms with Crippen LogP contribution in [0, 0.1) is 17.0 Å². The maximum atomic E-state index is 12.9. The Morgan fingerprint density at radius 2 is 2.07 bits per heavy atom. The van der Waals surface area contributed by atoms with Crippen molar-refractivity contribution >= 4 is 33.0 Å². The van der Waals surface area contributed by atoms with Gasteiger partial charge in [0, 0.05) is 29.7 Å². The number of hydrogen-bond donors (Lipinski definition) is 1. The summed E-state index contributed by atoms with van der Waals surface area (Å²) in [6.45, 7) is 5.49. The van der Waals surface area contributed by atoms with Gasteiger partial charge in [-0.05, 0) is 32.9 Å². The van der Waals surface area contributed by atoms with Crippen molar-refractivity contribution in [2.45, 2.75) is 38.2 Å². The topological polar surface area (TPSA) is 108 Å². The lowest BCUT2D eigenvalue weighted by molar-refractivity contribution is -0.385. The minimum atomic E-state index is -4.15. The highest BCUT2D eigenvalue weighted by Gasteiger charge is 2.26. The van der Waals surface area contributed by atoms with Crippen molar-refractivity contribution in [1.29, 1.82) is 0 Å². The fourth-order valence-electron chi connectivity index (χ4n) is 2.98. The summed E-state index contributed by atoms with van der Waals surface area (Å²) in [5.41, 5.74) is 0.937. The lowest BCUT2D eigenvalue weighted by atomic mass is 10.1. The first kappa shape index (κ1) is 20.2. The van der Waals surface area contributed by atoms with E-state index in [1.807, 2.05) is 6.92 Å². The molecule has 2 aromatic carbocycles. The number of nitrogens with zero attached hydrogens (tertiary/aromatic N) is 1. The fraction of sp³-hybridized carbons (Fsp3) is 0.333. The second-order valence-electron chi connectivity index (χ2n) is 6.43. The van der Waals surface area contributed by atoms with Crippen LogP contribution in [0.25, 0.3) is 0 Å². The number of halogens is 1. The number of rotatable bonds is 6. The Morgan fingerprint density at radius 1 is 1.36 bits per heavy atom. The van der Waals surface area contributed by atoms with Crippen LogP contribution in [-0.2, 0) is 16.4 Å². The molecule has 0 aliphatic carbocycles. The van der Waals surface area contributed by atoms with Crippen LogP contribution < -0.4 is 14.2 Å². The van der Waals surface area contributed by atoms with Gasteiger partial charge in [0.2, 0.25) is 0 Å². The SMILES string of the molecule is CCOc1cc2c(cc1NS(=O)(=O)c1cc(Cl)c(C)c([N+](=O)[O-])c1)OC(C)C2. The van der Waals surface area contributed by atoms with Gasteiger partial charge in [-0.2, -0.15) is 0 Å². The first-order valence-corrected chi connectivity index (χ1v) is 10.4. The molecule has 0 spiro atoms. The minimum Gasteiger partial charge on any atom is -0.492 e. The average Bonchev–Trinajstić information content (AvgIpc) is 2.95. The largest absolute Gasteiger partial charge is 0.492 e. The molecule has 1 heterocycles. The Kier molecular flexibility index (Phi) is 5.40. The Morgan fingerprint density at radius 3 is 2.71 bits per heavy atom. The van der Waals surface area contributed by atoms with E-state index in [-0.39, 0.29) is 33.0 Å². The van der Waals surface area contributed by atoms with Crippen LogP contribution in [0.2, 0.25) is 5.02 Å². The van der Waals surface area contributed by atoms with E-state index in [4.69, 9.17) is 21.1 Å². The van der Waals surface area contributed by atoms with E-state index >= 15 is 0 Å². The number of ether oxygens (including phenoxy) is 2. The van der Waals surface area contributed by atoms with E-state index in [1.54, 1.807) is 19.1 Å². The van der Waals surface area contributed by atoms with Gasteiger partial charge in [0.15, 0.2) is 0 Å². The molecule has 2 aromatic rings. The van der Waals surface area contributed by atoms with Gasteiger partial charge in [-0.25, -0.2) is 8.42 Å². The number of hydrogen-bond acceptors (Lipinski definition) is 6. The lowest BCUT2D eigenvalue weighted by Gasteiger charge is -2.15. The van der Waals surface area contributed by atoms with Crippen LogP contribution >= 0.6 is 11.6 Å². The summed E-state index contributed by atoms with van der Waals surface area (Å²) in [7, 11) is -4.15. The molecule has 150 valence electrons. The quantitative estimate of drug-likeness (QED) is 0.550. The number of nitrogens with one attached hydrogen (secondary N) is 1. The molecule has 0 bridgehead atoms. The minimum absolute atomic E-state index is 0.00859. The Hall–Kier alpha value is -2.52. The molecular formula is C18H19ClN2O6S. The standard InChI is InChI=1S/C18H19ClN2O6S/c1-4-26-18-6-12-5-10(2)27-17(12)9-15(18)20-28(24,25)13-7-14(19)11(3)16(8-13)21(22)23/h6-10,20H,4-5H2,1-3H3. The number of fused-ring (bicyclic) bond motifs is 1. The second-order valence-corrected chi connectivity index (χ2v) is 8.52. The molecule has 28 heavy (non-hydrogen) atoms. The number of nitro groups is 1. The predicted octanol–water partition coefficient (Wildman–Crippen LogP) is 4.08. The van der Waals surface area contributed by atoms with E-state index in [0.29, 0.717) is 24.5 Å². The molecule has 1 unspecified atom stereocenters. The monoisotopic (exact) mass is 426 g/mol. The van der Waals surface area contributed by atoms with Gasteiger partial charge in [-0.3, -0.25) is 14.8 Å². The van der Waals surface area contributed by atoms with Crippen molar-refractivity contribution in [3.05, 3.63) is 50.5 Å². The predicted molar refractivity (Wildman–Crippen MR) is 105 cm³/mol. The Labute approximate surface area is 167 Å². The highest BCUT2D eigenvalue weighted by molar-refractivity contribution is 7.92. The van der Waals surface area contributed by atoms with Gasteiger partial charge in [-0.1, -0.05) is 11.6 Å². The van der Waals surface area contributed by atoms with Crippen molar-refractivity contribution in [1.82, 2.24) is 0 Å². The fourth-order valence-corrected chi connectivity index (χ4v) is 4.37. The maximum Gasteiger partial charge on any atom is 0.275 e. The van der Waals surface area contributed by atoms with Gasteiger partial charge in [0.05, 0.1) is 27.1 Å². The highest BCUT2D eigenvalue weighted by Crippen LogP contribution is 2.39. The molecule has 10 heteroatoms. The van der Waals surface area contributed by atoms with Crippen LogP contribution in [0.1, 0.15) is 25.0 Å². The third kappa shape index (κ3) is 3.85. The number of sulfonamides is 1. The molecule has 1 aliphatic rings. The normalized spacial score (nSPS) is 15.6. The molecule has 0 radical (unpaired) electrons. The summed E-state index contributed by atoms with van der Waals surface area (Å²) < 4.78 is 39.4. The molecule has 0 saturated carbocycles. The highest BCUT2D eigenvalue weighted by atomic mass is 35.5. The van der Waals surface area contributed by atoms with Crippen LogP contribution in [-0.4, -0.2) is 26.1 Å². The summed E-state index contributed by atoms with van der Waals surface area (Å²) in [4.78, 5) is 10.2. The van der Waals surface area contributed by atoms with Gasteiger partial charge in [0.25, 0.3) is 15.7 Å². The summed E-state index contributed by atoms with van der Waals surface area (Å²) in [6.07, 6.45) is 0.678. The van der Waals surface area contributed by atoms with E-state index in [0.717, 1.165) is 11.6 Å². The van der Waals surface area contributed by atoms with Crippen molar-refractivity contribution in [2.24, 2.45) is 0 Å². The van der Waals surface area contributed by atoms with Gasteiger partial charge >= 0.3 is 0 Å². The van der Waals surface area contributed by atoms with Gasteiger partial charge in [-0.15, -0.1) is 0 Å². The van der Waals surface area contributed by atoms with Crippen molar-refractivity contribution < 1.29 is 22.8 Å². The third-order valence-electron chi connectivity index (χ3n) is 4.34. The molecule has 1 aliphatic heterocycles. The first-order valence-electron chi connectivity index (χ1n) is 8.56. The molecular weight excluding hydrogens is 408 g/mol. The summed E-state index contributed by atoms with van der Waals surface area (Å²) >= 11 is 6.00. The summed E-state index contributed by atoms with van der Waals surface area (Å²) in [5, 5.41) is 11.2. The van der Waals surface area contributed by atoms with E-state index in [9.17, 15) is 18.5 Å². The van der Waals surface area contributed by atoms with Crippen LogP contribution in [0.4, 0.5) is 11.4 Å². The lowest BCUT2D eigenvalue weighted by Crippen LogP contribution is -2.15. The Bertz CT molecular complexity index is 1050. The van der Waals surface area contributed by atoms with Gasteiger partial charge < -0.3 is 9.47 Å². The van der Waals surface area contributed by atoms with E-state index in [1.165, 1.54) is 13.0 Å². The molecule has 8 nitrogen and oxygen atoms in total. The molecule has 0 saturated heterocycles. The van der Waals surface area contributed by atoms with Crippen LogP contribution in [0.15, 0.2) is 29.2 Å². The molecule has 0 aromatic heterocycles. The Balaban J connectivity index is 2.04. The summed E-state index contributed by atoms with van der Waals surface area (Å²) in [5.74, 6) is 0.928. The molecule has 0 fully saturated rings. The molecule has 0 amide bonds. The molecule has 1 atom stereocenters. The third-order valence-corrected chi connectivity index (χ3v) is 6.08. The number of benzene rings is 2. The molecule has 3 rings (SSSR count). The van der Waals surface area contributed by atoms with Crippen molar-refractivity contribution in [3.63, 3.8) is 0 Å². The maximum absolute atomic E-state index is 12.9. The van der Waals surface area contributed by atoms with Gasteiger partial charge in [0.1, 0.15) is 17.6 Å². The smallest absolute Gasteiger partial charge is 0.275 e. The van der Waals surface area contributed by atoms with E-state index < -0.39 is 14.9 Å². The first-order chi connectivity index (χ1) is 13.1. The zero-order chi connectivity index (χ0) is 20.6. The van der Waals surface area contributed by atoms with Crippen LogP contribution in [0.5, 0.6) is 11.5 Å². The molecule has 1 N–H and O–H groups in total. The van der Waals surface area contributed by atoms with Crippen molar-refractivity contribution in [2.75, 3.05) is 11.3 Å². The number of nitro benzene ring substituents is 1. The second kappa shape index (κ2) is 7.48. The van der Waals surface area contributed by atoms with Crippen LogP contribution in [0.3, 0.4) is 0 Å². The summed E-state index contributed by atoms with van der Waals surface area (Å²) in [6, 6.07) is 5.46. The number of anilines is 1. The zero-order valence-electron chi connectivity index (χ0n) is 15.5. The average molecular weight is 427 g/mol. The van der Waals surface area contributed by atoms with E-state index in [2.05, 4.69) is 4.72 Å². The van der Waals surface area contributed by atoms with Crippen molar-refractivity contribution in [3.8, 4) is 11.5 Å².